The molecule has 0 aliphatic heterocycles. The number of methoxy groups -OCH3 is 3. The van der Waals surface area contributed by atoms with Crippen LogP contribution in [0.25, 0.3) is 0 Å². The molecule has 0 fully saturated rings. The number of rotatable bonds is 9. The number of nitro groups is 1. The van der Waals surface area contributed by atoms with Crippen molar-refractivity contribution in [1.82, 2.24) is 0 Å². The SMILES string of the molecule is COc1cccc(CC[NH2+]Cc2cc(OC)c(OC)cc2[N+](=O)[O-])c1. The van der Waals surface area contributed by atoms with Crippen molar-refractivity contribution in [2.45, 2.75) is 13.0 Å². The van der Waals surface area contributed by atoms with Crippen molar-refractivity contribution in [3.8, 4) is 17.2 Å². The van der Waals surface area contributed by atoms with Gasteiger partial charge in [0, 0.05) is 6.42 Å². The van der Waals surface area contributed by atoms with Crippen molar-refractivity contribution in [2.75, 3.05) is 27.9 Å². The first kappa shape index (κ1) is 18.5. The number of hydrogen-bond donors (Lipinski definition) is 1. The zero-order chi connectivity index (χ0) is 18.2. The average molecular weight is 347 g/mol. The first-order valence-corrected chi connectivity index (χ1v) is 7.93. The second-order valence-corrected chi connectivity index (χ2v) is 5.48. The summed E-state index contributed by atoms with van der Waals surface area (Å²) in [6.07, 6.45) is 0.846. The molecule has 0 bridgehead atoms. The second-order valence-electron chi connectivity index (χ2n) is 5.48. The smallest absolute Gasteiger partial charge is 0.282 e. The molecule has 25 heavy (non-hydrogen) atoms. The fraction of sp³-hybridized carbons (Fsp3) is 0.333. The molecular formula is C18H23N2O5+. The Morgan fingerprint density at radius 2 is 1.76 bits per heavy atom. The third-order valence-electron chi connectivity index (χ3n) is 3.92. The van der Waals surface area contributed by atoms with Gasteiger partial charge in [-0.2, -0.15) is 0 Å². The molecule has 2 N–H and O–H groups in total. The molecule has 0 radical (unpaired) electrons. The van der Waals surface area contributed by atoms with E-state index in [1.54, 1.807) is 13.2 Å². The van der Waals surface area contributed by atoms with Crippen LogP contribution in [0.5, 0.6) is 17.2 Å². The monoisotopic (exact) mass is 347 g/mol. The first-order valence-electron chi connectivity index (χ1n) is 7.93. The van der Waals surface area contributed by atoms with Crippen molar-refractivity contribution < 1.29 is 24.5 Å². The van der Waals surface area contributed by atoms with Crippen LogP contribution in [0.1, 0.15) is 11.1 Å². The van der Waals surface area contributed by atoms with Gasteiger partial charge in [-0.15, -0.1) is 0 Å². The summed E-state index contributed by atoms with van der Waals surface area (Å²) in [7, 11) is 4.61. The van der Waals surface area contributed by atoms with Crippen LogP contribution in [0.2, 0.25) is 0 Å². The summed E-state index contributed by atoms with van der Waals surface area (Å²) in [5.41, 5.74) is 1.81. The van der Waals surface area contributed by atoms with Gasteiger partial charge in [0.05, 0.1) is 44.4 Å². The lowest BCUT2D eigenvalue weighted by Gasteiger charge is -2.10. The minimum absolute atomic E-state index is 0.0373. The lowest BCUT2D eigenvalue weighted by Crippen LogP contribution is -2.83. The van der Waals surface area contributed by atoms with E-state index in [1.807, 2.05) is 29.6 Å². The highest BCUT2D eigenvalue weighted by molar-refractivity contribution is 5.53. The number of nitro benzene ring substituents is 1. The van der Waals surface area contributed by atoms with Gasteiger partial charge >= 0.3 is 0 Å². The largest absolute Gasteiger partial charge is 0.497 e. The molecule has 134 valence electrons. The third-order valence-corrected chi connectivity index (χ3v) is 3.92. The second kappa shape index (κ2) is 8.89. The van der Waals surface area contributed by atoms with Crippen LogP contribution in [0.4, 0.5) is 5.69 Å². The van der Waals surface area contributed by atoms with Crippen molar-refractivity contribution in [3.63, 3.8) is 0 Å². The van der Waals surface area contributed by atoms with Gasteiger partial charge in [0.2, 0.25) is 0 Å². The molecule has 0 aromatic heterocycles. The van der Waals surface area contributed by atoms with Crippen LogP contribution >= 0.6 is 0 Å². The average Bonchev–Trinajstić information content (AvgIpc) is 2.64. The number of quaternary nitrogens is 1. The Morgan fingerprint density at radius 1 is 1.04 bits per heavy atom. The number of nitrogens with two attached hydrogens (primary N) is 1. The van der Waals surface area contributed by atoms with E-state index in [9.17, 15) is 10.1 Å². The Kier molecular flexibility index (Phi) is 6.59. The van der Waals surface area contributed by atoms with E-state index < -0.39 is 4.92 Å². The summed E-state index contributed by atoms with van der Waals surface area (Å²) in [4.78, 5) is 10.9. The molecule has 2 aromatic rings. The third kappa shape index (κ3) is 4.84. The van der Waals surface area contributed by atoms with Crippen molar-refractivity contribution in [3.05, 3.63) is 57.6 Å². The van der Waals surface area contributed by atoms with E-state index in [4.69, 9.17) is 14.2 Å². The number of ether oxygens (including phenoxy) is 3. The first-order chi connectivity index (χ1) is 12.1. The molecule has 7 heteroatoms. The number of benzene rings is 2. The highest BCUT2D eigenvalue weighted by Gasteiger charge is 2.20. The maximum absolute atomic E-state index is 11.3. The molecule has 0 spiro atoms. The van der Waals surface area contributed by atoms with Gasteiger partial charge in [-0.25, -0.2) is 0 Å². The molecule has 0 amide bonds. The summed E-state index contributed by atoms with van der Waals surface area (Å²) >= 11 is 0. The standard InChI is InChI=1S/C18H22N2O5/c1-23-15-6-4-5-13(9-15)7-8-19-12-14-10-17(24-2)18(25-3)11-16(14)20(21)22/h4-6,9-11,19H,7-8,12H2,1-3H3/p+1. The minimum atomic E-state index is -0.396. The van der Waals surface area contributed by atoms with E-state index in [0.29, 0.717) is 23.6 Å². The van der Waals surface area contributed by atoms with Gasteiger partial charge in [-0.05, 0) is 23.8 Å². The quantitative estimate of drug-likeness (QED) is 0.425. The Labute approximate surface area is 146 Å². The van der Waals surface area contributed by atoms with Gasteiger partial charge in [-0.1, -0.05) is 12.1 Å². The molecule has 0 saturated heterocycles. The van der Waals surface area contributed by atoms with Gasteiger partial charge < -0.3 is 19.5 Å². The summed E-state index contributed by atoms with van der Waals surface area (Å²) in [6.45, 7) is 1.29. The fourth-order valence-electron chi connectivity index (χ4n) is 2.60. The molecule has 0 aliphatic rings. The van der Waals surface area contributed by atoms with Crippen LogP contribution in [0, 0.1) is 10.1 Å². The molecule has 2 rings (SSSR count). The normalized spacial score (nSPS) is 10.4. The van der Waals surface area contributed by atoms with E-state index in [-0.39, 0.29) is 5.69 Å². The molecule has 0 aliphatic carbocycles. The van der Waals surface area contributed by atoms with Crippen LogP contribution in [0.3, 0.4) is 0 Å². The fourth-order valence-corrected chi connectivity index (χ4v) is 2.60. The highest BCUT2D eigenvalue weighted by Crippen LogP contribution is 2.34. The predicted octanol–water partition coefficient (Wildman–Crippen LogP) is 1.93. The summed E-state index contributed by atoms with van der Waals surface area (Å²) < 4.78 is 15.6. The Hall–Kier alpha value is -2.80. The lowest BCUT2D eigenvalue weighted by atomic mass is 10.1. The van der Waals surface area contributed by atoms with Crippen molar-refractivity contribution in [1.29, 1.82) is 0 Å². The van der Waals surface area contributed by atoms with Crippen LogP contribution in [0.15, 0.2) is 36.4 Å². The number of hydrogen-bond acceptors (Lipinski definition) is 5. The van der Waals surface area contributed by atoms with Gasteiger partial charge in [0.25, 0.3) is 5.69 Å². The van der Waals surface area contributed by atoms with E-state index in [0.717, 1.165) is 24.3 Å². The molecule has 0 unspecified atom stereocenters. The topological polar surface area (TPSA) is 87.4 Å². The zero-order valence-electron chi connectivity index (χ0n) is 14.7. The van der Waals surface area contributed by atoms with Gasteiger partial charge in [-0.3, -0.25) is 10.1 Å². The molecule has 7 nitrogen and oxygen atoms in total. The van der Waals surface area contributed by atoms with Crippen LogP contribution < -0.4 is 19.5 Å². The Morgan fingerprint density at radius 3 is 2.40 bits per heavy atom. The highest BCUT2D eigenvalue weighted by atomic mass is 16.6. The van der Waals surface area contributed by atoms with Crippen LogP contribution in [-0.4, -0.2) is 32.8 Å². The Balaban J connectivity index is 2.02. The number of nitrogens with zero attached hydrogens (tertiary/aromatic N) is 1. The van der Waals surface area contributed by atoms with Crippen molar-refractivity contribution >= 4 is 5.69 Å². The zero-order valence-corrected chi connectivity index (χ0v) is 14.7. The van der Waals surface area contributed by atoms with E-state index in [1.165, 1.54) is 20.3 Å². The lowest BCUT2D eigenvalue weighted by molar-refractivity contribution is -0.670. The summed E-state index contributed by atoms with van der Waals surface area (Å²) in [5.74, 6) is 1.67. The minimum Gasteiger partial charge on any atom is -0.497 e. The van der Waals surface area contributed by atoms with Gasteiger partial charge in [0.15, 0.2) is 11.5 Å². The maximum Gasteiger partial charge on any atom is 0.282 e. The van der Waals surface area contributed by atoms with Crippen LogP contribution in [-0.2, 0) is 13.0 Å². The van der Waals surface area contributed by atoms with E-state index >= 15 is 0 Å². The van der Waals surface area contributed by atoms with Gasteiger partial charge in [0.1, 0.15) is 12.3 Å². The summed E-state index contributed by atoms with van der Waals surface area (Å²) in [5, 5.41) is 13.3. The Bertz CT molecular complexity index is 733. The molecular weight excluding hydrogens is 324 g/mol. The van der Waals surface area contributed by atoms with Crippen molar-refractivity contribution in [2.24, 2.45) is 0 Å². The molecule has 0 atom stereocenters. The molecule has 2 aromatic carbocycles. The molecule has 0 saturated carbocycles. The predicted molar refractivity (Wildman–Crippen MR) is 93.4 cm³/mol. The summed E-state index contributed by atoms with van der Waals surface area (Å²) in [6, 6.07) is 11.0. The molecule has 0 heterocycles. The maximum atomic E-state index is 11.3. The van der Waals surface area contributed by atoms with E-state index in [2.05, 4.69) is 0 Å².